The van der Waals surface area contributed by atoms with Gasteiger partial charge in [-0.2, -0.15) is 5.26 Å². The van der Waals surface area contributed by atoms with Gasteiger partial charge < -0.3 is 4.74 Å². The smallest absolute Gasteiger partial charge is 0.310 e. The van der Waals surface area contributed by atoms with E-state index in [1.165, 1.54) is 19.2 Å². The summed E-state index contributed by atoms with van der Waals surface area (Å²) in [6, 6.07) is 4.40. The third-order valence-corrected chi connectivity index (χ3v) is 3.10. The molecule has 0 spiro atoms. The maximum atomic E-state index is 12.8. The van der Waals surface area contributed by atoms with Crippen LogP contribution in [0.2, 0.25) is 0 Å². The molecule has 0 bridgehead atoms. The monoisotopic (exact) mass is 303 g/mol. The minimum atomic E-state index is -2.78. The van der Waals surface area contributed by atoms with E-state index >= 15 is 0 Å². The first-order valence-electron chi connectivity index (χ1n) is 4.57. The van der Waals surface area contributed by atoms with Crippen molar-refractivity contribution in [3.05, 3.63) is 33.3 Å². The summed E-state index contributed by atoms with van der Waals surface area (Å²) >= 11 is 2.99. The normalized spacial score (nSPS) is 10.1. The van der Waals surface area contributed by atoms with Gasteiger partial charge in [0, 0.05) is 10.0 Å². The van der Waals surface area contributed by atoms with Gasteiger partial charge in [-0.3, -0.25) is 4.79 Å². The Morgan fingerprint density at radius 2 is 2.24 bits per heavy atom. The van der Waals surface area contributed by atoms with Crippen molar-refractivity contribution in [2.75, 3.05) is 7.11 Å². The molecule has 1 aromatic rings. The third kappa shape index (κ3) is 3.01. The molecule has 0 saturated heterocycles. The SMILES string of the molecule is COC(=O)Cc1ccc(C#N)c(C(F)F)c1Br. The number of benzene rings is 1. The molecule has 1 aromatic carbocycles. The molecule has 0 fully saturated rings. The van der Waals surface area contributed by atoms with Gasteiger partial charge >= 0.3 is 5.97 Å². The second-order valence-electron chi connectivity index (χ2n) is 3.17. The van der Waals surface area contributed by atoms with Crippen molar-refractivity contribution in [1.29, 1.82) is 5.26 Å². The quantitative estimate of drug-likeness (QED) is 0.807. The van der Waals surface area contributed by atoms with E-state index in [1.807, 2.05) is 0 Å². The number of carbonyl (C=O) groups excluding carboxylic acids is 1. The Morgan fingerprint density at radius 3 is 2.71 bits per heavy atom. The number of hydrogen-bond acceptors (Lipinski definition) is 3. The average Bonchev–Trinajstić information content (AvgIpc) is 2.30. The molecule has 0 aliphatic carbocycles. The summed E-state index contributed by atoms with van der Waals surface area (Å²) in [5.74, 6) is -0.532. The van der Waals surface area contributed by atoms with E-state index in [0.717, 1.165) is 0 Å². The van der Waals surface area contributed by atoms with E-state index in [1.54, 1.807) is 6.07 Å². The molecule has 3 nitrogen and oxygen atoms in total. The van der Waals surface area contributed by atoms with Crippen molar-refractivity contribution in [3.8, 4) is 6.07 Å². The zero-order valence-corrected chi connectivity index (χ0v) is 10.4. The summed E-state index contributed by atoms with van der Waals surface area (Å²) in [6.45, 7) is 0. The number of nitriles is 1. The van der Waals surface area contributed by atoms with Gasteiger partial charge in [-0.05, 0) is 27.6 Å². The lowest BCUT2D eigenvalue weighted by Gasteiger charge is -2.10. The largest absolute Gasteiger partial charge is 0.469 e. The molecule has 0 aliphatic rings. The van der Waals surface area contributed by atoms with E-state index in [4.69, 9.17) is 5.26 Å². The zero-order valence-electron chi connectivity index (χ0n) is 8.84. The summed E-state index contributed by atoms with van der Waals surface area (Å²) in [4.78, 5) is 11.1. The highest BCUT2D eigenvalue weighted by Gasteiger charge is 2.20. The van der Waals surface area contributed by atoms with Crippen molar-refractivity contribution in [2.45, 2.75) is 12.8 Å². The number of hydrogen-bond donors (Lipinski definition) is 0. The minimum absolute atomic E-state index is 0.0805. The van der Waals surface area contributed by atoms with Crippen LogP contribution >= 0.6 is 15.9 Å². The lowest BCUT2D eigenvalue weighted by molar-refractivity contribution is -0.139. The molecular weight excluding hydrogens is 296 g/mol. The van der Waals surface area contributed by atoms with E-state index in [9.17, 15) is 13.6 Å². The Balaban J connectivity index is 3.24. The van der Waals surface area contributed by atoms with Crippen LogP contribution in [0.4, 0.5) is 8.78 Å². The Hall–Kier alpha value is -1.48. The van der Waals surface area contributed by atoms with Crippen LogP contribution in [0.3, 0.4) is 0 Å². The van der Waals surface area contributed by atoms with Crippen LogP contribution in [0.15, 0.2) is 16.6 Å². The van der Waals surface area contributed by atoms with E-state index < -0.39 is 18.0 Å². The van der Waals surface area contributed by atoms with Crippen molar-refractivity contribution in [2.24, 2.45) is 0 Å². The Morgan fingerprint density at radius 1 is 1.59 bits per heavy atom. The standard InChI is InChI=1S/C11H8BrF2NO2/c1-17-8(16)4-6-2-3-7(5-15)9(10(6)12)11(13)14/h2-3,11H,4H2,1H3. The number of methoxy groups -OCH3 is 1. The van der Waals surface area contributed by atoms with E-state index in [-0.39, 0.29) is 16.5 Å². The topological polar surface area (TPSA) is 50.1 Å². The number of rotatable bonds is 3. The first kappa shape index (κ1) is 13.6. The van der Waals surface area contributed by atoms with E-state index in [2.05, 4.69) is 20.7 Å². The molecule has 0 radical (unpaired) electrons. The van der Waals surface area contributed by atoms with Crippen molar-refractivity contribution in [1.82, 2.24) is 0 Å². The van der Waals surface area contributed by atoms with Gasteiger partial charge in [-0.1, -0.05) is 6.07 Å². The first-order chi connectivity index (χ1) is 8.01. The number of alkyl halides is 2. The second-order valence-corrected chi connectivity index (χ2v) is 3.96. The van der Waals surface area contributed by atoms with Gasteiger partial charge in [-0.25, -0.2) is 8.78 Å². The highest BCUT2D eigenvalue weighted by molar-refractivity contribution is 9.10. The molecule has 6 heteroatoms. The molecular formula is C11H8BrF2NO2. The fourth-order valence-corrected chi connectivity index (χ4v) is 1.97. The van der Waals surface area contributed by atoms with Crippen LogP contribution in [-0.4, -0.2) is 13.1 Å². The van der Waals surface area contributed by atoms with Gasteiger partial charge in [0.1, 0.15) is 0 Å². The highest BCUT2D eigenvalue weighted by Crippen LogP contribution is 2.33. The van der Waals surface area contributed by atoms with E-state index in [0.29, 0.717) is 5.56 Å². The fraction of sp³-hybridized carbons (Fsp3) is 0.273. The molecule has 90 valence electrons. The fourth-order valence-electron chi connectivity index (χ4n) is 1.31. The Labute approximate surface area is 105 Å². The molecule has 0 saturated carbocycles. The Kier molecular flexibility index (Phi) is 4.58. The summed E-state index contributed by atoms with van der Waals surface area (Å²) in [6.07, 6.45) is -2.90. The minimum Gasteiger partial charge on any atom is -0.469 e. The van der Waals surface area contributed by atoms with Crippen LogP contribution in [0.25, 0.3) is 0 Å². The molecule has 17 heavy (non-hydrogen) atoms. The van der Waals surface area contributed by atoms with Crippen LogP contribution in [0.5, 0.6) is 0 Å². The predicted molar refractivity (Wildman–Crippen MR) is 59.5 cm³/mol. The summed E-state index contributed by atoms with van der Waals surface area (Å²) < 4.78 is 30.1. The van der Waals surface area contributed by atoms with Crippen molar-refractivity contribution in [3.63, 3.8) is 0 Å². The van der Waals surface area contributed by atoms with Gasteiger partial charge in [0.05, 0.1) is 25.2 Å². The van der Waals surface area contributed by atoms with Gasteiger partial charge in [0.2, 0.25) is 0 Å². The number of nitrogens with zero attached hydrogens (tertiary/aromatic N) is 1. The van der Waals surface area contributed by atoms with Crippen molar-refractivity contribution < 1.29 is 18.3 Å². The number of esters is 1. The molecule has 0 heterocycles. The average molecular weight is 304 g/mol. The molecule has 0 atom stereocenters. The summed E-state index contributed by atoms with van der Waals surface area (Å²) in [5.41, 5.74) is -0.138. The molecule has 1 rings (SSSR count). The zero-order chi connectivity index (χ0) is 13.0. The van der Waals surface area contributed by atoms with Crippen LogP contribution in [-0.2, 0) is 16.0 Å². The Bertz CT molecular complexity index is 483. The lowest BCUT2D eigenvalue weighted by atomic mass is 10.0. The lowest BCUT2D eigenvalue weighted by Crippen LogP contribution is -2.06. The van der Waals surface area contributed by atoms with Crippen LogP contribution < -0.4 is 0 Å². The second kappa shape index (κ2) is 5.73. The van der Waals surface area contributed by atoms with Gasteiger partial charge in [0.25, 0.3) is 6.43 Å². The summed E-state index contributed by atoms with van der Waals surface area (Å²) in [7, 11) is 1.22. The van der Waals surface area contributed by atoms with Crippen LogP contribution in [0.1, 0.15) is 23.1 Å². The summed E-state index contributed by atoms with van der Waals surface area (Å²) in [5, 5.41) is 8.71. The van der Waals surface area contributed by atoms with Gasteiger partial charge in [0.15, 0.2) is 0 Å². The molecule has 0 aliphatic heterocycles. The first-order valence-corrected chi connectivity index (χ1v) is 5.36. The van der Waals surface area contributed by atoms with Crippen molar-refractivity contribution >= 4 is 21.9 Å². The molecule has 0 amide bonds. The molecule has 0 N–H and O–H groups in total. The molecule has 0 aromatic heterocycles. The number of ether oxygens (including phenoxy) is 1. The number of carbonyl (C=O) groups is 1. The van der Waals surface area contributed by atoms with Gasteiger partial charge in [-0.15, -0.1) is 0 Å². The van der Waals surface area contributed by atoms with Crippen LogP contribution in [0, 0.1) is 11.3 Å². The third-order valence-electron chi connectivity index (χ3n) is 2.16. The maximum absolute atomic E-state index is 12.8. The molecule has 0 unspecified atom stereocenters. The predicted octanol–water partition coefficient (Wildman–Crippen LogP) is 2.97. The highest BCUT2D eigenvalue weighted by atomic mass is 79.9. The maximum Gasteiger partial charge on any atom is 0.310 e. The number of halogens is 3.